The Bertz CT molecular complexity index is 644. The molecular formula is C9H3ClN2O5S. The van der Waals surface area contributed by atoms with Gasteiger partial charge in [-0.05, 0) is 0 Å². The van der Waals surface area contributed by atoms with E-state index >= 15 is 0 Å². The van der Waals surface area contributed by atoms with Crippen molar-refractivity contribution in [2.45, 2.75) is 0 Å². The average molecular weight is 287 g/mol. The fraction of sp³-hybridized carbons (Fsp3) is 0. The van der Waals surface area contributed by atoms with Gasteiger partial charge in [-0.2, -0.15) is 0 Å². The quantitative estimate of drug-likeness (QED) is 0.471. The van der Waals surface area contributed by atoms with Gasteiger partial charge in [0, 0.05) is 22.1 Å². The number of carbonyl (C=O) groups excluding carboxylic acids is 1. The van der Waals surface area contributed by atoms with Crippen LogP contribution in [0.1, 0.15) is 15.9 Å². The molecule has 0 fully saturated rings. The van der Waals surface area contributed by atoms with Gasteiger partial charge in [-0.15, -0.1) is 11.3 Å². The molecule has 9 heteroatoms. The zero-order chi connectivity index (χ0) is 13.6. The van der Waals surface area contributed by atoms with Crippen molar-refractivity contribution in [2.24, 2.45) is 0 Å². The highest BCUT2D eigenvalue weighted by Crippen LogP contribution is 2.45. The summed E-state index contributed by atoms with van der Waals surface area (Å²) in [7, 11) is 0. The summed E-state index contributed by atoms with van der Waals surface area (Å²) in [5.74, 6) is -1.86. The molecule has 0 saturated heterocycles. The molecule has 1 aromatic rings. The van der Waals surface area contributed by atoms with Crippen molar-refractivity contribution >= 4 is 34.3 Å². The Labute approximate surface area is 108 Å². The number of ketones is 1. The van der Waals surface area contributed by atoms with Gasteiger partial charge in [0.15, 0.2) is 11.4 Å². The molecule has 7 nitrogen and oxygen atoms in total. The topological polar surface area (TPSA) is 103 Å². The Kier molecular flexibility index (Phi) is 2.76. The number of hydrogen-bond acceptors (Lipinski definition) is 6. The summed E-state index contributed by atoms with van der Waals surface area (Å²) in [5, 5.41) is 22.9. The van der Waals surface area contributed by atoms with Gasteiger partial charge in [0.2, 0.25) is 0 Å². The molecule has 92 valence electrons. The van der Waals surface area contributed by atoms with Crippen LogP contribution in [0, 0.1) is 20.2 Å². The maximum atomic E-state index is 11.7. The van der Waals surface area contributed by atoms with Crippen molar-refractivity contribution in [1.29, 1.82) is 0 Å². The molecule has 0 N–H and O–H groups in total. The lowest BCUT2D eigenvalue weighted by molar-refractivity contribution is -0.614. The number of thiophene rings is 1. The summed E-state index contributed by atoms with van der Waals surface area (Å²) in [6.45, 7) is 3.36. The van der Waals surface area contributed by atoms with Gasteiger partial charge in [-0.3, -0.25) is 25.0 Å². The average Bonchev–Trinajstić information content (AvgIpc) is 2.74. The third kappa shape index (κ3) is 1.54. The molecule has 0 aliphatic heterocycles. The highest BCUT2D eigenvalue weighted by molar-refractivity contribution is 7.15. The van der Waals surface area contributed by atoms with Crippen LogP contribution in [0.3, 0.4) is 0 Å². The number of nitro groups is 2. The van der Waals surface area contributed by atoms with E-state index < -0.39 is 27.0 Å². The fourth-order valence-electron chi connectivity index (χ4n) is 1.66. The summed E-state index contributed by atoms with van der Waals surface area (Å²) in [6.07, 6.45) is 0. The van der Waals surface area contributed by atoms with Gasteiger partial charge in [-0.1, -0.05) is 18.2 Å². The lowest BCUT2D eigenvalue weighted by Gasteiger charge is -1.96. The molecule has 0 bridgehead atoms. The predicted molar refractivity (Wildman–Crippen MR) is 63.7 cm³/mol. The van der Waals surface area contributed by atoms with Crippen LogP contribution in [0.25, 0.3) is 5.57 Å². The van der Waals surface area contributed by atoms with Crippen LogP contribution >= 0.6 is 22.9 Å². The molecule has 18 heavy (non-hydrogen) atoms. The Hall–Kier alpha value is -2.06. The number of Topliss-reactive ketones (excluding diaryl/α,β-unsaturated/α-hetero) is 1. The third-order valence-electron chi connectivity index (χ3n) is 2.39. The van der Waals surface area contributed by atoms with Crippen molar-refractivity contribution in [3.63, 3.8) is 0 Å². The monoisotopic (exact) mass is 286 g/mol. The number of rotatable bonds is 2. The number of allylic oxidation sites excluding steroid dienone is 2. The van der Waals surface area contributed by atoms with E-state index in [9.17, 15) is 25.0 Å². The van der Waals surface area contributed by atoms with Crippen LogP contribution in [-0.2, 0) is 0 Å². The van der Waals surface area contributed by atoms with Gasteiger partial charge in [0.1, 0.15) is 14.2 Å². The lowest BCUT2D eigenvalue weighted by Crippen LogP contribution is -2.12. The SMILES string of the molecule is C=C1C(=O)c2csc(Cl)c2C1=C([N+](=O)[O-])[N+](=O)[O-]. The molecule has 0 unspecified atom stereocenters. The smallest absolute Gasteiger partial charge is 0.289 e. The largest absolute Gasteiger partial charge is 0.567 e. The van der Waals surface area contributed by atoms with E-state index in [1.807, 2.05) is 0 Å². The molecule has 2 rings (SSSR count). The van der Waals surface area contributed by atoms with Crippen molar-refractivity contribution in [3.8, 4) is 0 Å². The minimum Gasteiger partial charge on any atom is -0.289 e. The van der Waals surface area contributed by atoms with Crippen molar-refractivity contribution in [3.05, 3.63) is 59.0 Å². The van der Waals surface area contributed by atoms with E-state index in [2.05, 4.69) is 6.58 Å². The lowest BCUT2D eigenvalue weighted by atomic mass is 10.1. The summed E-state index contributed by atoms with van der Waals surface area (Å²) < 4.78 is 0.0909. The molecule has 0 amide bonds. The standard InChI is InChI=1S/C9H3ClN2O5S/c1-3-5(9(11(14)15)12(16)17)6-4(7(3)13)2-18-8(6)10/h2H,1H2. The number of hydrogen-bond donors (Lipinski definition) is 0. The van der Waals surface area contributed by atoms with E-state index in [-0.39, 0.29) is 21.0 Å². The molecular weight excluding hydrogens is 284 g/mol. The van der Waals surface area contributed by atoms with Crippen molar-refractivity contribution in [1.82, 2.24) is 0 Å². The van der Waals surface area contributed by atoms with E-state index in [0.717, 1.165) is 11.3 Å². The first kappa shape index (κ1) is 12.4. The second-order valence-corrected chi connectivity index (χ2v) is 4.80. The first-order valence-electron chi connectivity index (χ1n) is 4.40. The normalized spacial score (nSPS) is 13.7. The zero-order valence-electron chi connectivity index (χ0n) is 8.51. The van der Waals surface area contributed by atoms with Gasteiger partial charge in [-0.25, -0.2) is 0 Å². The molecule has 1 heterocycles. The number of fused-ring (bicyclic) bond motifs is 1. The molecule has 1 aliphatic carbocycles. The summed E-state index contributed by atoms with van der Waals surface area (Å²) in [4.78, 5) is 30.9. The van der Waals surface area contributed by atoms with Crippen LogP contribution in [0.2, 0.25) is 4.34 Å². The third-order valence-corrected chi connectivity index (χ3v) is 3.61. The van der Waals surface area contributed by atoms with Crippen molar-refractivity contribution < 1.29 is 14.6 Å². The molecule has 0 atom stereocenters. The van der Waals surface area contributed by atoms with E-state index in [4.69, 9.17) is 11.6 Å². The predicted octanol–water partition coefficient (Wildman–Crippen LogP) is 2.38. The maximum absolute atomic E-state index is 11.7. The first-order valence-corrected chi connectivity index (χ1v) is 5.66. The van der Waals surface area contributed by atoms with Gasteiger partial charge in [0.05, 0.1) is 0 Å². The molecule has 0 radical (unpaired) electrons. The van der Waals surface area contributed by atoms with Gasteiger partial charge < -0.3 is 0 Å². The molecule has 0 saturated carbocycles. The number of carbonyl (C=O) groups is 1. The maximum Gasteiger partial charge on any atom is 0.567 e. The minimum atomic E-state index is -1.28. The molecule has 1 aliphatic rings. The Morgan fingerprint density at radius 1 is 1.33 bits per heavy atom. The number of nitrogens with zero attached hydrogens (tertiary/aromatic N) is 2. The van der Waals surface area contributed by atoms with E-state index in [0.29, 0.717) is 0 Å². The van der Waals surface area contributed by atoms with Crippen LogP contribution in [0.15, 0.2) is 23.4 Å². The molecule has 1 aromatic heterocycles. The highest BCUT2D eigenvalue weighted by atomic mass is 35.5. The van der Waals surface area contributed by atoms with E-state index in [1.54, 1.807) is 0 Å². The van der Waals surface area contributed by atoms with Crippen LogP contribution < -0.4 is 0 Å². The van der Waals surface area contributed by atoms with Crippen LogP contribution in [-0.4, -0.2) is 15.6 Å². The highest BCUT2D eigenvalue weighted by Gasteiger charge is 2.44. The molecule has 0 aromatic carbocycles. The van der Waals surface area contributed by atoms with Crippen molar-refractivity contribution in [2.75, 3.05) is 0 Å². The molecule has 0 spiro atoms. The van der Waals surface area contributed by atoms with Gasteiger partial charge in [0.25, 0.3) is 0 Å². The number of halogens is 1. The zero-order valence-corrected chi connectivity index (χ0v) is 10.1. The van der Waals surface area contributed by atoms with Gasteiger partial charge >= 0.3 is 5.82 Å². The Morgan fingerprint density at radius 2 is 1.89 bits per heavy atom. The summed E-state index contributed by atoms with van der Waals surface area (Å²) in [5.41, 5.74) is -0.541. The second kappa shape index (κ2) is 4.00. The Balaban J connectivity index is 2.87. The minimum absolute atomic E-state index is 0.0278. The van der Waals surface area contributed by atoms with Crippen LogP contribution in [0.5, 0.6) is 0 Å². The fourth-order valence-corrected chi connectivity index (χ4v) is 2.76. The summed E-state index contributed by atoms with van der Waals surface area (Å²) >= 11 is 6.79. The van der Waals surface area contributed by atoms with Crippen LogP contribution in [0.4, 0.5) is 0 Å². The Morgan fingerprint density at radius 3 is 2.39 bits per heavy atom. The first-order chi connectivity index (χ1) is 8.36. The second-order valence-electron chi connectivity index (χ2n) is 3.32. The summed E-state index contributed by atoms with van der Waals surface area (Å²) in [6, 6.07) is 0. The van der Waals surface area contributed by atoms with E-state index in [1.165, 1.54) is 5.38 Å².